The van der Waals surface area contributed by atoms with Gasteiger partial charge in [0.2, 0.25) is 0 Å². The number of hydrogen-bond acceptors (Lipinski definition) is 2. The third kappa shape index (κ3) is 2.10. The Morgan fingerprint density at radius 1 is 1.35 bits per heavy atom. The van der Waals surface area contributed by atoms with Crippen LogP contribution in [0.25, 0.3) is 10.9 Å². The fourth-order valence-electron chi connectivity index (χ4n) is 3.86. The van der Waals surface area contributed by atoms with Crippen LogP contribution in [0, 0.1) is 5.92 Å². The predicted octanol–water partition coefficient (Wildman–Crippen LogP) is 3.42. The van der Waals surface area contributed by atoms with Gasteiger partial charge in [0.25, 0.3) is 0 Å². The summed E-state index contributed by atoms with van der Waals surface area (Å²) in [5.41, 5.74) is 8.70. The van der Waals surface area contributed by atoms with Crippen LogP contribution < -0.4 is 10.5 Å². The Morgan fingerprint density at radius 3 is 2.75 bits per heavy atom. The standard InChI is InChI=1S/C17H24N2O/c1-19-11-15(14(10-18)12-6-3-4-7-12)13-8-5-9-16(20-2)17(13)19/h5,8-9,11-12,14H,3-4,6-7,10,18H2,1-2H3. The molecule has 0 saturated heterocycles. The smallest absolute Gasteiger partial charge is 0.143 e. The summed E-state index contributed by atoms with van der Waals surface area (Å²) in [6, 6.07) is 6.30. The summed E-state index contributed by atoms with van der Waals surface area (Å²) in [5, 5.41) is 1.30. The summed E-state index contributed by atoms with van der Waals surface area (Å²) < 4.78 is 7.69. The van der Waals surface area contributed by atoms with Crippen LogP contribution in [0.1, 0.15) is 37.2 Å². The third-order valence-electron chi connectivity index (χ3n) is 4.84. The van der Waals surface area contributed by atoms with Crippen molar-refractivity contribution in [3.63, 3.8) is 0 Å². The normalized spacial score (nSPS) is 17.8. The van der Waals surface area contributed by atoms with E-state index in [-0.39, 0.29) is 0 Å². The minimum absolute atomic E-state index is 0.480. The van der Waals surface area contributed by atoms with Crippen molar-refractivity contribution < 1.29 is 4.74 Å². The number of para-hydroxylation sites is 1. The fraction of sp³-hybridized carbons (Fsp3) is 0.529. The molecule has 2 N–H and O–H groups in total. The van der Waals surface area contributed by atoms with Crippen LogP contribution in [0.4, 0.5) is 0 Å². The van der Waals surface area contributed by atoms with Crippen LogP contribution in [0.5, 0.6) is 5.75 Å². The average molecular weight is 272 g/mol. The van der Waals surface area contributed by atoms with Crippen molar-refractivity contribution in [2.24, 2.45) is 18.7 Å². The molecule has 1 fully saturated rings. The van der Waals surface area contributed by atoms with E-state index in [1.165, 1.54) is 42.1 Å². The lowest BCUT2D eigenvalue weighted by Crippen LogP contribution is -2.19. The number of fused-ring (bicyclic) bond motifs is 1. The molecule has 0 bridgehead atoms. The van der Waals surface area contributed by atoms with Crippen LogP contribution in [0.2, 0.25) is 0 Å². The van der Waals surface area contributed by atoms with E-state index in [1.807, 2.05) is 6.07 Å². The Kier molecular flexibility index (Phi) is 3.70. The number of methoxy groups -OCH3 is 1. The molecule has 1 unspecified atom stereocenters. The molecule has 108 valence electrons. The first-order chi connectivity index (χ1) is 9.76. The highest BCUT2D eigenvalue weighted by molar-refractivity contribution is 5.89. The van der Waals surface area contributed by atoms with Gasteiger partial charge in [-0.2, -0.15) is 0 Å². The molecule has 1 aliphatic carbocycles. The number of aromatic nitrogens is 1. The predicted molar refractivity (Wildman–Crippen MR) is 83.2 cm³/mol. The Bertz CT molecular complexity index is 596. The van der Waals surface area contributed by atoms with Gasteiger partial charge >= 0.3 is 0 Å². The average Bonchev–Trinajstić information content (AvgIpc) is 3.09. The van der Waals surface area contributed by atoms with Gasteiger partial charge in [-0.05, 0) is 36.9 Å². The zero-order valence-electron chi connectivity index (χ0n) is 12.4. The second-order valence-corrected chi connectivity index (χ2v) is 5.94. The quantitative estimate of drug-likeness (QED) is 0.926. The molecule has 1 atom stereocenters. The molecule has 20 heavy (non-hydrogen) atoms. The highest BCUT2D eigenvalue weighted by atomic mass is 16.5. The van der Waals surface area contributed by atoms with E-state index in [1.54, 1.807) is 7.11 Å². The van der Waals surface area contributed by atoms with Crippen LogP contribution >= 0.6 is 0 Å². The van der Waals surface area contributed by atoms with Gasteiger partial charge in [0.1, 0.15) is 5.75 Å². The summed E-state index contributed by atoms with van der Waals surface area (Å²) in [5.74, 6) is 2.17. The minimum Gasteiger partial charge on any atom is -0.495 e. The summed E-state index contributed by atoms with van der Waals surface area (Å²) in [4.78, 5) is 0. The second kappa shape index (κ2) is 5.49. The van der Waals surface area contributed by atoms with Crippen molar-refractivity contribution in [2.75, 3.05) is 13.7 Å². The SMILES string of the molecule is COc1cccc2c(C(CN)C3CCCC3)cn(C)c12. The van der Waals surface area contributed by atoms with E-state index in [9.17, 15) is 0 Å². The largest absolute Gasteiger partial charge is 0.495 e. The molecule has 0 spiro atoms. The number of ether oxygens (including phenoxy) is 1. The van der Waals surface area contributed by atoms with Crippen molar-refractivity contribution in [2.45, 2.75) is 31.6 Å². The molecule has 1 heterocycles. The molecule has 3 heteroatoms. The molecule has 1 aromatic carbocycles. The highest BCUT2D eigenvalue weighted by Gasteiger charge is 2.28. The first-order valence-corrected chi connectivity index (χ1v) is 7.58. The zero-order chi connectivity index (χ0) is 14.1. The van der Waals surface area contributed by atoms with Crippen LogP contribution in [0.3, 0.4) is 0 Å². The molecular formula is C17H24N2O. The number of hydrogen-bond donors (Lipinski definition) is 1. The van der Waals surface area contributed by atoms with Gasteiger partial charge in [0.05, 0.1) is 12.6 Å². The van der Waals surface area contributed by atoms with Gasteiger partial charge in [-0.15, -0.1) is 0 Å². The molecule has 1 saturated carbocycles. The number of nitrogens with two attached hydrogens (primary N) is 1. The molecule has 3 nitrogen and oxygen atoms in total. The lowest BCUT2D eigenvalue weighted by atomic mass is 9.85. The van der Waals surface area contributed by atoms with Crippen molar-refractivity contribution in [3.8, 4) is 5.75 Å². The Morgan fingerprint density at radius 2 is 2.10 bits per heavy atom. The summed E-state index contributed by atoms with van der Waals surface area (Å²) >= 11 is 0. The lowest BCUT2D eigenvalue weighted by molar-refractivity contribution is 0.418. The number of nitrogens with zero attached hydrogens (tertiary/aromatic N) is 1. The summed E-state index contributed by atoms with van der Waals surface area (Å²) in [7, 11) is 3.83. The topological polar surface area (TPSA) is 40.2 Å². The number of rotatable bonds is 4. The van der Waals surface area contributed by atoms with Crippen molar-refractivity contribution in [3.05, 3.63) is 30.0 Å². The first kappa shape index (κ1) is 13.5. The maximum absolute atomic E-state index is 6.11. The van der Waals surface area contributed by atoms with Gasteiger partial charge in [0, 0.05) is 24.5 Å². The van der Waals surface area contributed by atoms with E-state index in [0.29, 0.717) is 5.92 Å². The first-order valence-electron chi connectivity index (χ1n) is 7.58. The van der Waals surface area contributed by atoms with Crippen LogP contribution in [0.15, 0.2) is 24.4 Å². The molecule has 1 aromatic heterocycles. The summed E-state index contributed by atoms with van der Waals surface area (Å²) in [6.45, 7) is 0.737. The molecule has 3 rings (SSSR count). The number of aryl methyl sites for hydroxylation is 1. The van der Waals surface area contributed by atoms with Gasteiger partial charge in [-0.1, -0.05) is 25.0 Å². The molecule has 0 aliphatic heterocycles. The summed E-state index contributed by atoms with van der Waals surface area (Å²) in [6.07, 6.45) is 7.61. The van der Waals surface area contributed by atoms with E-state index < -0.39 is 0 Å². The molecule has 2 aromatic rings. The van der Waals surface area contributed by atoms with Crippen molar-refractivity contribution in [1.29, 1.82) is 0 Å². The molecule has 1 aliphatic rings. The third-order valence-corrected chi connectivity index (χ3v) is 4.84. The van der Waals surface area contributed by atoms with Gasteiger partial charge in [-0.25, -0.2) is 0 Å². The maximum Gasteiger partial charge on any atom is 0.143 e. The van der Waals surface area contributed by atoms with E-state index in [4.69, 9.17) is 10.5 Å². The van der Waals surface area contributed by atoms with Crippen LogP contribution in [-0.2, 0) is 7.05 Å². The van der Waals surface area contributed by atoms with Gasteiger partial charge < -0.3 is 15.0 Å². The van der Waals surface area contributed by atoms with Gasteiger partial charge in [0.15, 0.2) is 0 Å². The molecular weight excluding hydrogens is 248 g/mol. The zero-order valence-corrected chi connectivity index (χ0v) is 12.4. The Hall–Kier alpha value is -1.48. The van der Waals surface area contributed by atoms with E-state index >= 15 is 0 Å². The Labute approximate surface area is 120 Å². The monoisotopic (exact) mass is 272 g/mol. The minimum atomic E-state index is 0.480. The van der Waals surface area contributed by atoms with Crippen molar-refractivity contribution >= 4 is 10.9 Å². The molecule has 0 radical (unpaired) electrons. The lowest BCUT2D eigenvalue weighted by Gasteiger charge is -2.21. The van der Waals surface area contributed by atoms with Crippen LogP contribution in [-0.4, -0.2) is 18.2 Å². The van der Waals surface area contributed by atoms with E-state index in [2.05, 4.69) is 29.9 Å². The number of benzene rings is 1. The maximum atomic E-state index is 6.11. The van der Waals surface area contributed by atoms with Crippen molar-refractivity contribution in [1.82, 2.24) is 4.57 Å². The fourth-order valence-corrected chi connectivity index (χ4v) is 3.86. The van der Waals surface area contributed by atoms with Gasteiger partial charge in [-0.3, -0.25) is 0 Å². The Balaban J connectivity index is 2.11. The highest BCUT2D eigenvalue weighted by Crippen LogP contribution is 2.41. The van der Waals surface area contributed by atoms with E-state index in [0.717, 1.165) is 18.2 Å². The second-order valence-electron chi connectivity index (χ2n) is 5.94. The molecule has 0 amide bonds.